The molecule has 0 aliphatic heterocycles. The Morgan fingerprint density at radius 3 is 2.36 bits per heavy atom. The van der Waals surface area contributed by atoms with Crippen molar-refractivity contribution in [1.29, 1.82) is 5.26 Å². The summed E-state index contributed by atoms with van der Waals surface area (Å²) in [6.07, 6.45) is 4.80. The number of hydrogen-bond acceptors (Lipinski definition) is 6. The first-order valence-corrected chi connectivity index (χ1v) is 13.3. The minimum atomic E-state index is -0.711. The lowest BCUT2D eigenvalue weighted by molar-refractivity contribution is 0.0597. The molecule has 5 rings (SSSR count). The van der Waals surface area contributed by atoms with E-state index in [9.17, 15) is 10.1 Å². The van der Waals surface area contributed by atoms with E-state index in [0.29, 0.717) is 28.3 Å². The van der Waals surface area contributed by atoms with Gasteiger partial charge in [0.25, 0.3) is 0 Å². The zero-order valence-electron chi connectivity index (χ0n) is 22.6. The molecule has 39 heavy (non-hydrogen) atoms. The molecule has 0 unspecified atom stereocenters. The van der Waals surface area contributed by atoms with Gasteiger partial charge in [0.2, 0.25) is 0 Å². The van der Waals surface area contributed by atoms with Gasteiger partial charge in [0.15, 0.2) is 0 Å². The normalized spacial score (nSPS) is 17.4. The highest BCUT2D eigenvalue weighted by Gasteiger charge is 2.29. The summed E-state index contributed by atoms with van der Waals surface area (Å²) in [5.41, 5.74) is 9.90. The number of ether oxygens (including phenoxy) is 1. The SMILES string of the molecule is CC(C)(C)OC(=O)N(c1ccc(-c2ccccc2)cc1)c1cc(N[C@H]2CC[C@H](N)CC2)c(C#N)c2ccnn12. The minimum absolute atomic E-state index is 0.190. The van der Waals surface area contributed by atoms with Gasteiger partial charge in [0, 0.05) is 18.2 Å². The van der Waals surface area contributed by atoms with Crippen molar-refractivity contribution in [2.24, 2.45) is 5.73 Å². The first-order chi connectivity index (χ1) is 18.7. The molecule has 8 nitrogen and oxygen atoms in total. The first-order valence-electron chi connectivity index (χ1n) is 13.3. The Morgan fingerprint density at radius 1 is 1.05 bits per heavy atom. The topological polar surface area (TPSA) is 109 Å². The Hall–Kier alpha value is -4.35. The number of amides is 1. The fraction of sp³-hybridized carbons (Fsp3) is 0.323. The summed E-state index contributed by atoms with van der Waals surface area (Å²) in [6, 6.07) is 24.2. The third-order valence-corrected chi connectivity index (χ3v) is 6.94. The molecule has 1 aliphatic carbocycles. The highest BCUT2D eigenvalue weighted by Crippen LogP contribution is 2.35. The first kappa shape index (κ1) is 26.3. The molecule has 1 saturated carbocycles. The largest absolute Gasteiger partial charge is 0.443 e. The average molecular weight is 523 g/mol. The van der Waals surface area contributed by atoms with Crippen molar-refractivity contribution in [3.05, 3.63) is 78.5 Å². The predicted molar refractivity (Wildman–Crippen MR) is 154 cm³/mol. The highest BCUT2D eigenvalue weighted by atomic mass is 16.6. The smallest absolute Gasteiger partial charge is 0.420 e. The molecular weight excluding hydrogens is 488 g/mol. The van der Waals surface area contributed by atoms with Crippen LogP contribution in [0.3, 0.4) is 0 Å². The van der Waals surface area contributed by atoms with Crippen molar-refractivity contribution in [1.82, 2.24) is 9.61 Å². The number of fused-ring (bicyclic) bond motifs is 1. The van der Waals surface area contributed by atoms with Gasteiger partial charge in [-0.15, -0.1) is 0 Å². The summed E-state index contributed by atoms with van der Waals surface area (Å²) < 4.78 is 7.47. The molecule has 0 spiro atoms. The molecule has 0 atom stereocenters. The van der Waals surface area contributed by atoms with Gasteiger partial charge in [-0.1, -0.05) is 42.5 Å². The molecule has 0 bridgehead atoms. The van der Waals surface area contributed by atoms with E-state index in [-0.39, 0.29) is 12.1 Å². The highest BCUT2D eigenvalue weighted by molar-refractivity contribution is 5.97. The maximum Gasteiger partial charge on any atom is 0.420 e. The number of hydrogen-bond donors (Lipinski definition) is 2. The van der Waals surface area contributed by atoms with E-state index in [4.69, 9.17) is 10.5 Å². The van der Waals surface area contributed by atoms with E-state index in [2.05, 4.69) is 16.5 Å². The van der Waals surface area contributed by atoms with Crippen LogP contribution in [-0.4, -0.2) is 33.4 Å². The van der Waals surface area contributed by atoms with Crippen molar-refractivity contribution in [2.75, 3.05) is 10.2 Å². The third-order valence-electron chi connectivity index (χ3n) is 6.94. The Morgan fingerprint density at radius 2 is 1.72 bits per heavy atom. The molecule has 4 aromatic rings. The van der Waals surface area contributed by atoms with Crippen LogP contribution < -0.4 is 16.0 Å². The molecule has 200 valence electrons. The van der Waals surface area contributed by atoms with Crippen LogP contribution >= 0.6 is 0 Å². The van der Waals surface area contributed by atoms with Crippen LogP contribution in [-0.2, 0) is 4.74 Å². The van der Waals surface area contributed by atoms with Crippen LogP contribution in [0, 0.1) is 11.3 Å². The fourth-order valence-corrected chi connectivity index (χ4v) is 5.02. The van der Waals surface area contributed by atoms with Gasteiger partial charge in [-0.05, 0) is 75.8 Å². The molecular formula is C31H34N6O2. The molecule has 1 aliphatic rings. The zero-order valence-corrected chi connectivity index (χ0v) is 22.6. The van der Waals surface area contributed by atoms with Gasteiger partial charge in [-0.3, -0.25) is 0 Å². The molecule has 1 fully saturated rings. The lowest BCUT2D eigenvalue weighted by Crippen LogP contribution is -2.35. The molecule has 1 amide bonds. The quantitative estimate of drug-likeness (QED) is 0.305. The Balaban J connectivity index is 1.61. The van der Waals surface area contributed by atoms with Gasteiger partial charge in [-0.25, -0.2) is 14.2 Å². The number of carbonyl (C=O) groups excluding carboxylic acids is 1. The molecule has 2 heterocycles. The summed E-state index contributed by atoms with van der Waals surface area (Å²) in [7, 11) is 0. The monoisotopic (exact) mass is 522 g/mol. The van der Waals surface area contributed by atoms with E-state index in [1.165, 1.54) is 4.90 Å². The van der Waals surface area contributed by atoms with Crippen molar-refractivity contribution >= 4 is 28.8 Å². The van der Waals surface area contributed by atoms with Crippen LogP contribution in [0.5, 0.6) is 0 Å². The van der Waals surface area contributed by atoms with E-state index in [0.717, 1.165) is 36.8 Å². The second kappa shape index (κ2) is 10.8. The summed E-state index contributed by atoms with van der Waals surface area (Å²) in [6.45, 7) is 5.51. The Bertz CT molecular complexity index is 1490. The van der Waals surface area contributed by atoms with Crippen LogP contribution in [0.1, 0.15) is 52.0 Å². The van der Waals surface area contributed by atoms with Crippen molar-refractivity contribution < 1.29 is 9.53 Å². The number of nitrogens with one attached hydrogen (secondary N) is 1. The number of aromatic nitrogens is 2. The van der Waals surface area contributed by atoms with Gasteiger partial charge in [0.1, 0.15) is 23.1 Å². The number of rotatable bonds is 5. The summed E-state index contributed by atoms with van der Waals surface area (Å²) in [4.78, 5) is 15.3. The number of anilines is 3. The van der Waals surface area contributed by atoms with Crippen LogP contribution in [0.25, 0.3) is 16.6 Å². The van der Waals surface area contributed by atoms with Crippen molar-refractivity contribution in [2.45, 2.75) is 64.1 Å². The summed E-state index contributed by atoms with van der Waals surface area (Å²) in [5, 5.41) is 18.2. The lowest BCUT2D eigenvalue weighted by atomic mass is 9.91. The fourth-order valence-electron chi connectivity index (χ4n) is 5.02. The molecule has 0 radical (unpaired) electrons. The number of pyridine rings is 1. The molecule has 0 saturated heterocycles. The maximum atomic E-state index is 13.7. The standard InChI is InChI=1S/C31H34N6O2/c1-31(2,3)39-30(38)36(25-15-9-22(10-16-25)21-7-5-4-6-8-21)29-19-27(35-24-13-11-23(33)12-14-24)26(20-32)28-17-18-34-37(28)29/h4-10,15-19,23-24,35H,11-14,33H2,1-3H3/t23-,24-. The Kier molecular flexibility index (Phi) is 7.27. The van der Waals surface area contributed by atoms with Gasteiger partial charge in [0.05, 0.1) is 23.1 Å². The van der Waals surface area contributed by atoms with E-state index in [1.807, 2.05) is 81.4 Å². The van der Waals surface area contributed by atoms with Crippen LogP contribution in [0.2, 0.25) is 0 Å². The van der Waals surface area contributed by atoms with Crippen molar-refractivity contribution in [3.8, 4) is 17.2 Å². The van der Waals surface area contributed by atoms with Gasteiger partial charge < -0.3 is 15.8 Å². The number of nitrogens with two attached hydrogens (primary N) is 1. The lowest BCUT2D eigenvalue weighted by Gasteiger charge is -2.30. The summed E-state index contributed by atoms with van der Waals surface area (Å²) in [5.74, 6) is 0.478. The Labute approximate surface area is 229 Å². The van der Waals surface area contributed by atoms with Crippen LogP contribution in [0.4, 0.5) is 22.0 Å². The number of benzene rings is 2. The number of carbonyl (C=O) groups is 1. The van der Waals surface area contributed by atoms with Crippen LogP contribution in [0.15, 0.2) is 72.9 Å². The number of nitriles is 1. The predicted octanol–water partition coefficient (Wildman–Crippen LogP) is 6.63. The molecule has 2 aromatic carbocycles. The number of nitrogens with zero attached hydrogens (tertiary/aromatic N) is 4. The van der Waals surface area contributed by atoms with E-state index < -0.39 is 11.7 Å². The van der Waals surface area contributed by atoms with Gasteiger partial charge >= 0.3 is 6.09 Å². The van der Waals surface area contributed by atoms with Crippen molar-refractivity contribution in [3.63, 3.8) is 0 Å². The summed E-state index contributed by atoms with van der Waals surface area (Å²) >= 11 is 0. The maximum absolute atomic E-state index is 13.7. The molecule has 8 heteroatoms. The molecule has 3 N–H and O–H groups in total. The third kappa shape index (κ3) is 5.74. The second-order valence-corrected chi connectivity index (χ2v) is 11.0. The average Bonchev–Trinajstić information content (AvgIpc) is 3.40. The van der Waals surface area contributed by atoms with E-state index in [1.54, 1.807) is 16.8 Å². The zero-order chi connectivity index (χ0) is 27.6. The molecule has 2 aromatic heterocycles. The second-order valence-electron chi connectivity index (χ2n) is 11.0. The van der Waals surface area contributed by atoms with Gasteiger partial charge in [-0.2, -0.15) is 10.4 Å². The minimum Gasteiger partial charge on any atom is -0.443 e. The van der Waals surface area contributed by atoms with E-state index >= 15 is 0 Å².